The number of hydrogen-bond donors (Lipinski definition) is 0. The molecule has 5 nitrogen and oxygen atoms in total. The van der Waals surface area contributed by atoms with Crippen molar-refractivity contribution in [3.05, 3.63) is 71.6 Å². The van der Waals surface area contributed by atoms with Gasteiger partial charge in [-0.25, -0.2) is 6.57 Å². The quantitative estimate of drug-likeness (QED) is 0.592. The van der Waals surface area contributed by atoms with E-state index in [2.05, 4.69) is 15.1 Å². The first-order chi connectivity index (χ1) is 10.8. The molecule has 0 aliphatic heterocycles. The Hall–Kier alpha value is -3.18. The maximum atomic E-state index is 8.63. The molecule has 0 aliphatic rings. The van der Waals surface area contributed by atoms with Gasteiger partial charge in [0.25, 0.3) is 0 Å². The molecule has 0 heterocycles. The van der Waals surface area contributed by atoms with Crippen LogP contribution in [-0.2, 0) is 6.61 Å². The Balaban J connectivity index is 1.87. The van der Waals surface area contributed by atoms with Crippen molar-refractivity contribution in [2.45, 2.75) is 12.6 Å². The maximum absolute atomic E-state index is 8.63. The van der Waals surface area contributed by atoms with Crippen LogP contribution >= 0.6 is 0 Å². The summed E-state index contributed by atoms with van der Waals surface area (Å²) >= 11 is 0. The SMILES string of the molecule is [C-]#[N+]C(C#N)CN=Nc1ccc(OCc2ccccc2)cc1. The van der Waals surface area contributed by atoms with E-state index in [0.29, 0.717) is 12.3 Å². The lowest BCUT2D eigenvalue weighted by Gasteiger charge is -2.06. The topological polar surface area (TPSA) is 62.1 Å². The summed E-state index contributed by atoms with van der Waals surface area (Å²) in [6.07, 6.45) is 0. The number of benzene rings is 2. The minimum atomic E-state index is -0.766. The first-order valence-electron chi connectivity index (χ1n) is 6.72. The van der Waals surface area contributed by atoms with Gasteiger partial charge in [0, 0.05) is 0 Å². The molecule has 5 heteroatoms. The molecule has 0 spiro atoms. The molecule has 0 saturated carbocycles. The Morgan fingerprint density at radius 2 is 1.86 bits per heavy atom. The lowest BCUT2D eigenvalue weighted by molar-refractivity contribution is 0.306. The van der Waals surface area contributed by atoms with E-state index in [1.807, 2.05) is 48.5 Å². The van der Waals surface area contributed by atoms with Gasteiger partial charge < -0.3 is 4.74 Å². The number of nitriles is 1. The van der Waals surface area contributed by atoms with Gasteiger partial charge in [-0.3, -0.25) is 4.85 Å². The molecule has 1 unspecified atom stereocenters. The summed E-state index contributed by atoms with van der Waals surface area (Å²) in [6, 6.07) is 18.2. The van der Waals surface area contributed by atoms with Crippen molar-refractivity contribution in [1.29, 1.82) is 5.26 Å². The third kappa shape index (κ3) is 4.73. The number of ether oxygens (including phenoxy) is 1. The van der Waals surface area contributed by atoms with Crippen LogP contribution in [0, 0.1) is 17.9 Å². The van der Waals surface area contributed by atoms with Gasteiger partial charge >= 0.3 is 6.04 Å². The predicted octanol–water partition coefficient (Wildman–Crippen LogP) is 4.16. The summed E-state index contributed by atoms with van der Waals surface area (Å²) in [5.41, 5.74) is 1.77. The monoisotopic (exact) mass is 290 g/mol. The summed E-state index contributed by atoms with van der Waals surface area (Å²) in [5.74, 6) is 0.749. The summed E-state index contributed by atoms with van der Waals surface area (Å²) in [6.45, 7) is 7.37. The van der Waals surface area contributed by atoms with Gasteiger partial charge in [0.05, 0.1) is 5.69 Å². The van der Waals surface area contributed by atoms with Crippen LogP contribution in [0.1, 0.15) is 5.56 Å². The van der Waals surface area contributed by atoms with Gasteiger partial charge in [0.2, 0.25) is 0 Å². The Bertz CT molecular complexity index is 682. The molecule has 2 aromatic carbocycles. The summed E-state index contributed by atoms with van der Waals surface area (Å²) in [7, 11) is 0. The van der Waals surface area contributed by atoms with Crippen LogP contribution < -0.4 is 4.74 Å². The van der Waals surface area contributed by atoms with Crippen LogP contribution in [0.2, 0.25) is 0 Å². The highest BCUT2D eigenvalue weighted by molar-refractivity contribution is 5.40. The van der Waals surface area contributed by atoms with E-state index in [9.17, 15) is 0 Å². The third-order valence-corrected chi connectivity index (χ3v) is 2.83. The molecular weight excluding hydrogens is 276 g/mol. The number of rotatable bonds is 6. The van der Waals surface area contributed by atoms with E-state index in [-0.39, 0.29) is 6.54 Å². The molecule has 108 valence electrons. The Labute approximate surface area is 129 Å². The van der Waals surface area contributed by atoms with Gasteiger partial charge in [-0.15, -0.1) is 0 Å². The van der Waals surface area contributed by atoms with Crippen molar-refractivity contribution < 1.29 is 4.74 Å². The Kier molecular flexibility index (Phi) is 5.66. The smallest absolute Gasteiger partial charge is 0.328 e. The molecule has 0 bridgehead atoms. The van der Waals surface area contributed by atoms with Gasteiger partial charge in [-0.1, -0.05) is 30.3 Å². The molecule has 0 N–H and O–H groups in total. The molecule has 0 radical (unpaired) electrons. The molecule has 0 aliphatic carbocycles. The molecule has 0 saturated heterocycles. The maximum Gasteiger partial charge on any atom is 0.328 e. The molecule has 22 heavy (non-hydrogen) atoms. The Morgan fingerprint density at radius 1 is 1.14 bits per heavy atom. The van der Waals surface area contributed by atoms with Crippen LogP contribution in [0.5, 0.6) is 5.75 Å². The van der Waals surface area contributed by atoms with Crippen molar-refractivity contribution >= 4 is 5.69 Å². The highest BCUT2D eigenvalue weighted by atomic mass is 16.5. The minimum absolute atomic E-state index is 0.0895. The second kappa shape index (κ2) is 8.18. The highest BCUT2D eigenvalue weighted by Gasteiger charge is 2.07. The third-order valence-electron chi connectivity index (χ3n) is 2.83. The zero-order valence-corrected chi connectivity index (χ0v) is 11.9. The number of hydrogen-bond acceptors (Lipinski definition) is 4. The zero-order chi connectivity index (χ0) is 15.6. The highest BCUT2D eigenvalue weighted by Crippen LogP contribution is 2.19. The van der Waals surface area contributed by atoms with E-state index in [0.717, 1.165) is 11.3 Å². The fourth-order valence-corrected chi connectivity index (χ4v) is 1.66. The van der Waals surface area contributed by atoms with Crippen LogP contribution in [0.3, 0.4) is 0 Å². The summed E-state index contributed by atoms with van der Waals surface area (Å²) < 4.78 is 5.67. The van der Waals surface area contributed by atoms with Crippen LogP contribution in [0.25, 0.3) is 4.85 Å². The largest absolute Gasteiger partial charge is 0.489 e. The van der Waals surface area contributed by atoms with Crippen molar-refractivity contribution in [3.8, 4) is 11.8 Å². The second-order valence-corrected chi connectivity index (χ2v) is 4.47. The molecule has 0 aromatic heterocycles. The van der Waals surface area contributed by atoms with Gasteiger partial charge in [0.15, 0.2) is 6.07 Å². The van der Waals surface area contributed by atoms with E-state index in [1.165, 1.54) is 0 Å². The lowest BCUT2D eigenvalue weighted by atomic mass is 10.2. The first kappa shape index (κ1) is 15.2. The zero-order valence-electron chi connectivity index (χ0n) is 11.9. The van der Waals surface area contributed by atoms with Crippen molar-refractivity contribution in [2.75, 3.05) is 6.54 Å². The van der Waals surface area contributed by atoms with Crippen molar-refractivity contribution in [1.82, 2.24) is 0 Å². The Morgan fingerprint density at radius 3 is 2.50 bits per heavy atom. The van der Waals surface area contributed by atoms with Crippen molar-refractivity contribution in [2.24, 2.45) is 10.2 Å². The average Bonchev–Trinajstić information content (AvgIpc) is 2.59. The standard InChI is InChI=1S/C17H14N4O/c1-19-16(11-18)12-20-21-15-7-9-17(10-8-15)22-13-14-5-3-2-4-6-14/h2-10,16H,12-13H2. The van der Waals surface area contributed by atoms with Crippen LogP contribution in [0.15, 0.2) is 64.8 Å². The molecular formula is C17H14N4O. The van der Waals surface area contributed by atoms with E-state index in [1.54, 1.807) is 12.1 Å². The van der Waals surface area contributed by atoms with E-state index >= 15 is 0 Å². The van der Waals surface area contributed by atoms with Crippen molar-refractivity contribution in [3.63, 3.8) is 0 Å². The molecule has 0 fully saturated rings. The normalized spacial score (nSPS) is 11.5. The molecule has 2 rings (SSSR count). The van der Waals surface area contributed by atoms with Gasteiger partial charge in [-0.2, -0.15) is 15.5 Å². The average molecular weight is 290 g/mol. The van der Waals surface area contributed by atoms with E-state index in [4.69, 9.17) is 16.6 Å². The van der Waals surface area contributed by atoms with E-state index < -0.39 is 6.04 Å². The predicted molar refractivity (Wildman–Crippen MR) is 82.6 cm³/mol. The molecule has 1 atom stereocenters. The van der Waals surface area contributed by atoms with Gasteiger partial charge in [-0.05, 0) is 29.8 Å². The minimum Gasteiger partial charge on any atom is -0.489 e. The van der Waals surface area contributed by atoms with Crippen LogP contribution in [-0.4, -0.2) is 12.6 Å². The van der Waals surface area contributed by atoms with Gasteiger partial charge in [0.1, 0.15) is 18.9 Å². The lowest BCUT2D eigenvalue weighted by Crippen LogP contribution is -2.00. The fourth-order valence-electron chi connectivity index (χ4n) is 1.66. The first-order valence-corrected chi connectivity index (χ1v) is 6.72. The summed E-state index contributed by atoms with van der Waals surface area (Å²) in [4.78, 5) is 3.12. The van der Waals surface area contributed by atoms with Crippen LogP contribution in [0.4, 0.5) is 5.69 Å². The fraction of sp³-hybridized carbons (Fsp3) is 0.176. The number of azo groups is 1. The summed E-state index contributed by atoms with van der Waals surface area (Å²) in [5, 5.41) is 16.5. The second-order valence-electron chi connectivity index (χ2n) is 4.47. The molecule has 2 aromatic rings. The number of nitrogens with zero attached hydrogens (tertiary/aromatic N) is 4. The molecule has 0 amide bonds.